The molecule has 5 atom stereocenters. The standard InChI is InChI=1S/C16H17ClN4O4S/c17-11-2-1-10(26-11)8(22)5-9-12(23)13(24)16(25-9)21-4-3-7-14(18)19-6-20-15(7)21/h1-4,6,8-9,12-13,16,22-24H,5H2,(H2,18,19,20)/t8-,9-,12+,13+,16+/m0/s1. The van der Waals surface area contributed by atoms with Crippen molar-refractivity contribution in [2.45, 2.75) is 37.1 Å². The van der Waals surface area contributed by atoms with E-state index in [1.165, 1.54) is 17.7 Å². The number of aliphatic hydroxyl groups is 3. The lowest BCUT2D eigenvalue weighted by Crippen LogP contribution is -2.32. The van der Waals surface area contributed by atoms with Gasteiger partial charge in [0.15, 0.2) is 6.23 Å². The molecule has 0 saturated carbocycles. The Kier molecular flexibility index (Phi) is 4.59. The molecule has 0 spiro atoms. The molecule has 1 fully saturated rings. The molecule has 1 aliphatic rings. The molecule has 0 amide bonds. The van der Waals surface area contributed by atoms with E-state index in [0.29, 0.717) is 26.1 Å². The number of thiophene rings is 1. The van der Waals surface area contributed by atoms with Crippen LogP contribution in [-0.2, 0) is 4.74 Å². The summed E-state index contributed by atoms with van der Waals surface area (Å²) in [7, 11) is 0. The van der Waals surface area contributed by atoms with Crippen molar-refractivity contribution in [3.63, 3.8) is 0 Å². The second-order valence-electron chi connectivity index (χ2n) is 6.16. The van der Waals surface area contributed by atoms with Crippen molar-refractivity contribution in [1.29, 1.82) is 0 Å². The predicted molar refractivity (Wildman–Crippen MR) is 96.8 cm³/mol. The largest absolute Gasteiger partial charge is 0.388 e. The minimum Gasteiger partial charge on any atom is -0.388 e. The third-order valence-corrected chi connectivity index (χ3v) is 5.86. The molecule has 1 aliphatic heterocycles. The molecule has 0 unspecified atom stereocenters. The summed E-state index contributed by atoms with van der Waals surface area (Å²) < 4.78 is 8.03. The summed E-state index contributed by atoms with van der Waals surface area (Å²) in [5.41, 5.74) is 6.33. The maximum absolute atomic E-state index is 10.4. The maximum Gasteiger partial charge on any atom is 0.164 e. The van der Waals surface area contributed by atoms with Gasteiger partial charge in [-0.1, -0.05) is 11.6 Å². The number of anilines is 1. The number of hydrogen-bond acceptors (Lipinski definition) is 8. The highest BCUT2D eigenvalue weighted by atomic mass is 35.5. The van der Waals surface area contributed by atoms with E-state index in [2.05, 4.69) is 9.97 Å². The summed E-state index contributed by atoms with van der Waals surface area (Å²) in [5, 5.41) is 31.8. The molecule has 3 aromatic rings. The van der Waals surface area contributed by atoms with Crippen LogP contribution >= 0.6 is 22.9 Å². The summed E-state index contributed by atoms with van der Waals surface area (Å²) in [6.07, 6.45) is -1.64. The van der Waals surface area contributed by atoms with Crippen molar-refractivity contribution in [1.82, 2.24) is 14.5 Å². The van der Waals surface area contributed by atoms with Crippen molar-refractivity contribution in [3.05, 3.63) is 39.9 Å². The Morgan fingerprint density at radius 1 is 1.27 bits per heavy atom. The lowest BCUT2D eigenvalue weighted by atomic mass is 10.0. The molecule has 3 aromatic heterocycles. The Bertz CT molecular complexity index is 932. The molecule has 0 aromatic carbocycles. The van der Waals surface area contributed by atoms with E-state index >= 15 is 0 Å². The van der Waals surface area contributed by atoms with Gasteiger partial charge in [-0.3, -0.25) is 0 Å². The fourth-order valence-corrected chi connectivity index (χ4v) is 4.25. The number of hydrogen-bond donors (Lipinski definition) is 4. The Hall–Kier alpha value is -1.75. The number of rotatable bonds is 4. The topological polar surface area (TPSA) is 127 Å². The maximum atomic E-state index is 10.4. The number of ether oxygens (including phenoxy) is 1. The van der Waals surface area contributed by atoms with Crippen LogP contribution in [0.1, 0.15) is 23.6 Å². The summed E-state index contributed by atoms with van der Waals surface area (Å²) >= 11 is 7.16. The van der Waals surface area contributed by atoms with Crippen LogP contribution in [0.4, 0.5) is 5.82 Å². The van der Waals surface area contributed by atoms with Crippen LogP contribution in [0.2, 0.25) is 4.34 Å². The van der Waals surface area contributed by atoms with Crippen LogP contribution in [0.15, 0.2) is 30.7 Å². The van der Waals surface area contributed by atoms with Gasteiger partial charge in [0, 0.05) is 17.5 Å². The minimum absolute atomic E-state index is 0.127. The van der Waals surface area contributed by atoms with Crippen LogP contribution in [0.25, 0.3) is 11.0 Å². The molecule has 5 N–H and O–H groups in total. The molecule has 0 radical (unpaired) electrons. The Morgan fingerprint density at radius 3 is 2.81 bits per heavy atom. The monoisotopic (exact) mass is 396 g/mol. The van der Waals surface area contributed by atoms with Crippen LogP contribution in [0, 0.1) is 0 Å². The van der Waals surface area contributed by atoms with E-state index in [0.717, 1.165) is 0 Å². The van der Waals surface area contributed by atoms with Crippen molar-refractivity contribution in [3.8, 4) is 0 Å². The van der Waals surface area contributed by atoms with E-state index in [-0.39, 0.29) is 6.42 Å². The fourth-order valence-electron chi connectivity index (χ4n) is 3.19. The van der Waals surface area contributed by atoms with Gasteiger partial charge in [-0.25, -0.2) is 9.97 Å². The summed E-state index contributed by atoms with van der Waals surface area (Å²) in [6, 6.07) is 5.15. The molecular weight excluding hydrogens is 380 g/mol. The fraction of sp³-hybridized carbons (Fsp3) is 0.375. The van der Waals surface area contributed by atoms with Crippen LogP contribution in [0.3, 0.4) is 0 Å². The van der Waals surface area contributed by atoms with E-state index in [9.17, 15) is 15.3 Å². The molecule has 26 heavy (non-hydrogen) atoms. The lowest BCUT2D eigenvalue weighted by molar-refractivity contribution is -0.0487. The normalized spacial score (nSPS) is 27.2. The SMILES string of the molecule is Nc1ncnc2c1ccn2[C@@H]1O[C@@H](C[C@H](O)c2ccc(Cl)s2)[C@@H](O)[C@H]1O. The molecule has 8 nitrogen and oxygen atoms in total. The van der Waals surface area contributed by atoms with Crippen LogP contribution in [-0.4, -0.2) is 48.2 Å². The first-order valence-corrected chi connectivity index (χ1v) is 9.17. The summed E-state index contributed by atoms with van der Waals surface area (Å²) in [5.74, 6) is 0.323. The molecular formula is C16H17ClN4O4S. The average Bonchev–Trinajstić information content (AvgIpc) is 3.30. The molecule has 4 rings (SSSR count). The highest BCUT2D eigenvalue weighted by Gasteiger charge is 2.44. The van der Waals surface area contributed by atoms with Crippen LogP contribution < -0.4 is 5.73 Å². The molecule has 4 heterocycles. The van der Waals surface area contributed by atoms with Crippen molar-refractivity contribution < 1.29 is 20.1 Å². The number of nitrogens with two attached hydrogens (primary N) is 1. The van der Waals surface area contributed by atoms with E-state index in [1.54, 1.807) is 29.0 Å². The molecule has 138 valence electrons. The zero-order valence-corrected chi connectivity index (χ0v) is 15.0. The van der Waals surface area contributed by atoms with Crippen molar-refractivity contribution >= 4 is 39.8 Å². The molecule has 10 heteroatoms. The Morgan fingerprint density at radius 2 is 2.08 bits per heavy atom. The van der Waals surface area contributed by atoms with Gasteiger partial charge < -0.3 is 30.4 Å². The summed E-state index contributed by atoms with van der Waals surface area (Å²) in [6.45, 7) is 0. The third-order valence-electron chi connectivity index (χ3n) is 4.53. The zero-order valence-electron chi connectivity index (χ0n) is 13.4. The number of halogens is 1. The lowest BCUT2D eigenvalue weighted by Gasteiger charge is -2.18. The van der Waals surface area contributed by atoms with Gasteiger partial charge in [0.05, 0.1) is 21.9 Å². The van der Waals surface area contributed by atoms with Gasteiger partial charge in [-0.15, -0.1) is 11.3 Å². The number of aliphatic hydroxyl groups excluding tert-OH is 3. The number of fused-ring (bicyclic) bond motifs is 1. The van der Waals surface area contributed by atoms with E-state index < -0.39 is 30.6 Å². The summed E-state index contributed by atoms with van der Waals surface area (Å²) in [4.78, 5) is 8.78. The first kappa shape index (κ1) is 17.7. The van der Waals surface area contributed by atoms with Crippen molar-refractivity contribution in [2.75, 3.05) is 5.73 Å². The Balaban J connectivity index is 1.56. The first-order chi connectivity index (χ1) is 12.5. The third kappa shape index (κ3) is 2.96. The highest BCUT2D eigenvalue weighted by molar-refractivity contribution is 7.16. The number of aromatic nitrogens is 3. The average molecular weight is 397 g/mol. The quantitative estimate of drug-likeness (QED) is 0.526. The van der Waals surface area contributed by atoms with Crippen LogP contribution in [0.5, 0.6) is 0 Å². The van der Waals surface area contributed by atoms with Gasteiger partial charge in [0.1, 0.15) is 30.0 Å². The minimum atomic E-state index is -1.18. The molecule has 1 saturated heterocycles. The predicted octanol–water partition coefficient (Wildman–Crippen LogP) is 1.47. The molecule has 0 aliphatic carbocycles. The van der Waals surface area contributed by atoms with Gasteiger partial charge in [0.2, 0.25) is 0 Å². The smallest absolute Gasteiger partial charge is 0.164 e. The zero-order chi connectivity index (χ0) is 18.4. The van der Waals surface area contributed by atoms with Crippen molar-refractivity contribution in [2.24, 2.45) is 0 Å². The second kappa shape index (κ2) is 6.76. The number of nitrogens with zero attached hydrogens (tertiary/aromatic N) is 3. The van der Waals surface area contributed by atoms with E-state index in [1.807, 2.05) is 0 Å². The Labute approximate surface area is 157 Å². The second-order valence-corrected chi connectivity index (χ2v) is 7.91. The molecule has 0 bridgehead atoms. The van der Waals surface area contributed by atoms with Gasteiger partial charge >= 0.3 is 0 Å². The van der Waals surface area contributed by atoms with Gasteiger partial charge in [-0.05, 0) is 18.2 Å². The first-order valence-electron chi connectivity index (χ1n) is 7.97. The number of nitrogen functional groups attached to an aromatic ring is 1. The van der Waals surface area contributed by atoms with E-state index in [4.69, 9.17) is 22.1 Å². The van der Waals surface area contributed by atoms with Gasteiger partial charge in [-0.2, -0.15) is 0 Å². The highest BCUT2D eigenvalue weighted by Crippen LogP contribution is 2.37. The van der Waals surface area contributed by atoms with Gasteiger partial charge in [0.25, 0.3) is 0 Å².